The maximum absolute atomic E-state index is 12.7. The summed E-state index contributed by atoms with van der Waals surface area (Å²) in [7, 11) is 0. The second-order valence-corrected chi connectivity index (χ2v) is 11.7. The van der Waals surface area contributed by atoms with E-state index in [9.17, 15) is 9.59 Å². The van der Waals surface area contributed by atoms with Gasteiger partial charge in [-0.05, 0) is 75.9 Å². The lowest BCUT2D eigenvalue weighted by Gasteiger charge is -2.47. The fraction of sp³-hybridized carbons (Fsp3) is 0.429. The SMILES string of the molecule is CC1(C)C[C@@H]([C@H](OC(=O)/C=C\C(=O)O[C@H](c2cccc(Cl)c2)[C@@H]2CC(C)(C)N2)c2cccc(Cl)c2)N1. The first-order valence-electron chi connectivity index (χ1n) is 12.1. The Balaban J connectivity index is 1.42. The highest BCUT2D eigenvalue weighted by atomic mass is 35.5. The van der Waals surface area contributed by atoms with E-state index in [1.807, 2.05) is 24.3 Å². The summed E-state index contributed by atoms with van der Waals surface area (Å²) in [6.45, 7) is 8.35. The maximum atomic E-state index is 12.7. The van der Waals surface area contributed by atoms with Crippen LogP contribution in [0.3, 0.4) is 0 Å². The number of hydrogen-bond donors (Lipinski definition) is 2. The third kappa shape index (κ3) is 6.68. The van der Waals surface area contributed by atoms with Gasteiger partial charge in [-0.3, -0.25) is 0 Å². The van der Waals surface area contributed by atoms with E-state index in [-0.39, 0.29) is 23.2 Å². The minimum atomic E-state index is -0.634. The highest BCUT2D eigenvalue weighted by Gasteiger charge is 2.43. The predicted molar refractivity (Wildman–Crippen MR) is 141 cm³/mol. The Morgan fingerprint density at radius 3 is 1.47 bits per heavy atom. The van der Waals surface area contributed by atoms with E-state index in [0.717, 1.165) is 36.1 Å². The molecule has 0 bridgehead atoms. The molecule has 0 saturated carbocycles. The Morgan fingerprint density at radius 2 is 1.17 bits per heavy atom. The van der Waals surface area contributed by atoms with Gasteiger partial charge in [0.15, 0.2) is 0 Å². The number of rotatable bonds is 8. The van der Waals surface area contributed by atoms with Crippen molar-refractivity contribution >= 4 is 35.1 Å². The summed E-state index contributed by atoms with van der Waals surface area (Å²) in [5, 5.41) is 7.99. The van der Waals surface area contributed by atoms with E-state index in [0.29, 0.717) is 10.0 Å². The Hall–Kier alpha value is -2.38. The second kappa shape index (κ2) is 10.5. The van der Waals surface area contributed by atoms with Crippen LogP contribution in [-0.2, 0) is 19.1 Å². The van der Waals surface area contributed by atoms with Crippen LogP contribution in [-0.4, -0.2) is 35.1 Å². The van der Waals surface area contributed by atoms with Crippen LogP contribution in [0, 0.1) is 0 Å². The first-order valence-corrected chi connectivity index (χ1v) is 12.8. The summed E-state index contributed by atoms with van der Waals surface area (Å²) in [6, 6.07) is 14.4. The topological polar surface area (TPSA) is 76.7 Å². The third-order valence-electron chi connectivity index (χ3n) is 6.54. The van der Waals surface area contributed by atoms with Crippen LogP contribution in [0.2, 0.25) is 10.0 Å². The van der Waals surface area contributed by atoms with Gasteiger partial charge in [0.05, 0.1) is 12.1 Å². The van der Waals surface area contributed by atoms with Crippen LogP contribution >= 0.6 is 23.2 Å². The molecule has 192 valence electrons. The molecule has 2 fully saturated rings. The van der Waals surface area contributed by atoms with Crippen LogP contribution in [0.25, 0.3) is 0 Å². The molecule has 4 atom stereocenters. The molecule has 36 heavy (non-hydrogen) atoms. The van der Waals surface area contributed by atoms with E-state index in [1.165, 1.54) is 0 Å². The number of ether oxygens (including phenoxy) is 2. The molecule has 0 unspecified atom stereocenters. The predicted octanol–water partition coefficient (Wildman–Crippen LogP) is 5.70. The van der Waals surface area contributed by atoms with Gasteiger partial charge in [-0.15, -0.1) is 0 Å². The van der Waals surface area contributed by atoms with E-state index >= 15 is 0 Å². The quantitative estimate of drug-likeness (QED) is 0.336. The molecule has 8 heteroatoms. The van der Waals surface area contributed by atoms with E-state index in [1.54, 1.807) is 24.3 Å². The summed E-state index contributed by atoms with van der Waals surface area (Å²) in [6.07, 6.45) is 2.80. The molecule has 6 nitrogen and oxygen atoms in total. The molecular formula is C28H32Cl2N2O4. The molecule has 0 aliphatic carbocycles. The number of carbonyl (C=O) groups excluding carboxylic acids is 2. The molecule has 2 saturated heterocycles. The smallest absolute Gasteiger partial charge is 0.331 e. The van der Waals surface area contributed by atoms with E-state index in [2.05, 4.69) is 38.3 Å². The molecule has 2 aliphatic rings. The van der Waals surface area contributed by atoms with Gasteiger partial charge in [0.25, 0.3) is 0 Å². The summed E-state index contributed by atoms with van der Waals surface area (Å²) >= 11 is 12.3. The van der Waals surface area contributed by atoms with Crippen molar-refractivity contribution in [3.63, 3.8) is 0 Å². The summed E-state index contributed by atoms with van der Waals surface area (Å²) in [5.74, 6) is -1.27. The number of esters is 2. The second-order valence-electron chi connectivity index (χ2n) is 10.8. The monoisotopic (exact) mass is 530 g/mol. The van der Waals surface area contributed by atoms with Gasteiger partial charge in [0.2, 0.25) is 0 Å². The van der Waals surface area contributed by atoms with E-state index < -0.39 is 24.1 Å². The van der Waals surface area contributed by atoms with Gasteiger partial charge in [-0.1, -0.05) is 47.5 Å². The first kappa shape index (κ1) is 26.7. The number of nitrogens with one attached hydrogen (secondary N) is 2. The Kier molecular flexibility index (Phi) is 7.81. The molecular weight excluding hydrogens is 499 g/mol. The largest absolute Gasteiger partial charge is 0.453 e. The average Bonchev–Trinajstić information content (AvgIpc) is 2.76. The molecule has 2 N–H and O–H groups in total. The van der Waals surface area contributed by atoms with Gasteiger partial charge in [0, 0.05) is 33.3 Å². The minimum absolute atomic E-state index is 0.0347. The number of benzene rings is 2. The molecule has 0 amide bonds. The fourth-order valence-corrected chi connectivity index (χ4v) is 5.42. The molecule has 4 rings (SSSR count). The van der Waals surface area contributed by atoms with Crippen molar-refractivity contribution in [1.82, 2.24) is 10.6 Å². The van der Waals surface area contributed by atoms with Crippen LogP contribution in [0.1, 0.15) is 63.9 Å². The van der Waals surface area contributed by atoms with Gasteiger partial charge in [0.1, 0.15) is 12.2 Å². The highest BCUT2D eigenvalue weighted by Crippen LogP contribution is 2.37. The molecule has 2 aromatic carbocycles. The molecule has 0 radical (unpaired) electrons. The normalized spacial score (nSPS) is 23.7. The maximum Gasteiger partial charge on any atom is 0.331 e. The lowest BCUT2D eigenvalue weighted by Crippen LogP contribution is -2.62. The molecule has 2 aromatic rings. The summed E-state index contributed by atoms with van der Waals surface area (Å²) < 4.78 is 11.5. The lowest BCUT2D eigenvalue weighted by atomic mass is 9.80. The lowest BCUT2D eigenvalue weighted by molar-refractivity contribution is -0.150. The van der Waals surface area contributed by atoms with Crippen molar-refractivity contribution in [2.24, 2.45) is 0 Å². The number of carbonyl (C=O) groups is 2. The van der Waals surface area contributed by atoms with E-state index in [4.69, 9.17) is 32.7 Å². The molecule has 0 spiro atoms. The highest BCUT2D eigenvalue weighted by molar-refractivity contribution is 6.30. The molecule has 2 aliphatic heterocycles. The molecule has 2 heterocycles. The zero-order valence-corrected chi connectivity index (χ0v) is 22.4. The summed E-state index contributed by atoms with van der Waals surface area (Å²) in [4.78, 5) is 25.4. The van der Waals surface area contributed by atoms with Gasteiger partial charge >= 0.3 is 11.9 Å². The average molecular weight is 531 g/mol. The minimum Gasteiger partial charge on any atom is -0.453 e. The Bertz CT molecular complexity index is 1060. The van der Waals surface area contributed by atoms with Crippen molar-refractivity contribution in [2.75, 3.05) is 0 Å². The number of hydrogen-bond acceptors (Lipinski definition) is 6. The van der Waals surface area contributed by atoms with Crippen LogP contribution < -0.4 is 10.6 Å². The van der Waals surface area contributed by atoms with Crippen molar-refractivity contribution in [1.29, 1.82) is 0 Å². The zero-order valence-electron chi connectivity index (χ0n) is 20.9. The first-order chi connectivity index (χ1) is 16.9. The standard InChI is InChI=1S/C28H32Cl2N2O4/c1-27(2)15-21(31-27)25(17-7-5-9-19(29)13-17)35-23(33)11-12-24(34)36-26(22-16-28(3,4)32-22)18-8-6-10-20(30)14-18/h5-14,21-22,25-26,31-32H,15-16H2,1-4H3/b12-11-/t21-,22-,25+,26+/m0/s1. The van der Waals surface area contributed by atoms with Gasteiger partial charge in [-0.2, -0.15) is 0 Å². The molecule has 0 aromatic heterocycles. The van der Waals surface area contributed by atoms with Gasteiger partial charge < -0.3 is 20.1 Å². The van der Waals surface area contributed by atoms with Crippen molar-refractivity contribution in [2.45, 2.75) is 75.9 Å². The van der Waals surface area contributed by atoms with Crippen LogP contribution in [0.15, 0.2) is 60.7 Å². The van der Waals surface area contributed by atoms with Crippen LogP contribution in [0.5, 0.6) is 0 Å². The van der Waals surface area contributed by atoms with Crippen molar-refractivity contribution in [3.05, 3.63) is 81.9 Å². The Morgan fingerprint density at radius 1 is 0.806 bits per heavy atom. The number of halogens is 2. The van der Waals surface area contributed by atoms with Gasteiger partial charge in [-0.25, -0.2) is 9.59 Å². The van der Waals surface area contributed by atoms with Crippen molar-refractivity contribution in [3.8, 4) is 0 Å². The van der Waals surface area contributed by atoms with Crippen LogP contribution in [0.4, 0.5) is 0 Å². The fourth-order valence-electron chi connectivity index (χ4n) is 5.02. The zero-order chi connectivity index (χ0) is 26.1. The Labute approximate surface area is 222 Å². The summed E-state index contributed by atoms with van der Waals surface area (Å²) in [5.41, 5.74) is 1.51. The van der Waals surface area contributed by atoms with Crippen molar-refractivity contribution < 1.29 is 19.1 Å². The third-order valence-corrected chi connectivity index (χ3v) is 7.01.